The maximum Gasteiger partial charge on any atom is 0.108 e. The number of nitrogens with zero attached hydrogens (tertiary/aromatic N) is 6. The average Bonchev–Trinajstić information content (AvgIpc) is 3.39. The summed E-state index contributed by atoms with van der Waals surface area (Å²) < 4.78 is 3.42. The first-order chi connectivity index (χ1) is 13.8. The molecular weight excluding hydrogens is 356 g/mol. The highest BCUT2D eigenvalue weighted by atomic mass is 16.3. The number of aliphatic hydroxyl groups excluding tert-OH is 2. The molecule has 4 rings (SSSR count). The van der Waals surface area contributed by atoms with Crippen molar-refractivity contribution in [3.8, 4) is 0 Å². The van der Waals surface area contributed by atoms with Crippen LogP contribution in [0.3, 0.4) is 0 Å². The largest absolute Gasteiger partial charge is 0.390 e. The highest BCUT2D eigenvalue weighted by molar-refractivity contribution is 5.15. The van der Waals surface area contributed by atoms with Crippen molar-refractivity contribution in [2.24, 2.45) is 0 Å². The predicted molar refractivity (Wildman–Crippen MR) is 103 cm³/mol. The molecule has 144 valence electrons. The van der Waals surface area contributed by atoms with E-state index in [0.29, 0.717) is 24.5 Å². The summed E-state index contributed by atoms with van der Waals surface area (Å²) in [7, 11) is 0. The zero-order chi connectivity index (χ0) is 19.6. The highest BCUT2D eigenvalue weighted by Crippen LogP contribution is 2.02. The Morgan fingerprint density at radius 2 is 1.00 bits per heavy atom. The average molecular weight is 378 g/mol. The van der Waals surface area contributed by atoms with E-state index in [1.165, 1.54) is 11.1 Å². The van der Waals surface area contributed by atoms with Gasteiger partial charge in [0.25, 0.3) is 0 Å². The Bertz CT molecular complexity index is 873. The molecule has 0 radical (unpaired) electrons. The van der Waals surface area contributed by atoms with E-state index >= 15 is 0 Å². The van der Waals surface area contributed by atoms with Gasteiger partial charge in [0.15, 0.2) is 0 Å². The Balaban J connectivity index is 0.000000161. The first-order valence-electron chi connectivity index (χ1n) is 8.84. The summed E-state index contributed by atoms with van der Waals surface area (Å²) in [5.74, 6) is 0. The summed E-state index contributed by atoms with van der Waals surface area (Å²) in [4.78, 5) is 0. The molecule has 2 aromatic heterocycles. The summed E-state index contributed by atoms with van der Waals surface area (Å²) in [6.45, 7) is 1.26. The number of aromatic nitrogens is 6. The van der Waals surface area contributed by atoms with Crippen LogP contribution in [-0.2, 0) is 26.3 Å². The number of benzene rings is 2. The van der Waals surface area contributed by atoms with Gasteiger partial charge in [-0.2, -0.15) is 0 Å². The minimum atomic E-state index is -0.0607. The molecule has 0 amide bonds. The minimum Gasteiger partial charge on any atom is -0.390 e. The molecule has 4 aromatic rings. The van der Waals surface area contributed by atoms with Crippen molar-refractivity contribution in [1.29, 1.82) is 0 Å². The third-order valence-corrected chi connectivity index (χ3v) is 3.87. The molecule has 0 spiro atoms. The molecule has 0 aliphatic rings. The molecule has 0 aliphatic heterocycles. The molecule has 0 saturated carbocycles. The van der Waals surface area contributed by atoms with Gasteiger partial charge in [0.1, 0.15) is 11.4 Å². The SMILES string of the molecule is OCc1cn(Cc2ccccc2)nn1.OCc1cn(Cc2ccccc2)nn1. The zero-order valence-corrected chi connectivity index (χ0v) is 15.3. The topological polar surface area (TPSA) is 102 Å². The summed E-state index contributed by atoms with van der Waals surface area (Å²) in [6.07, 6.45) is 3.49. The molecule has 2 aromatic carbocycles. The predicted octanol–water partition coefficient (Wildman–Crippen LogP) is 1.64. The van der Waals surface area contributed by atoms with Crippen LogP contribution in [0.5, 0.6) is 0 Å². The fraction of sp³-hybridized carbons (Fsp3) is 0.200. The molecule has 0 aliphatic carbocycles. The van der Waals surface area contributed by atoms with Crippen molar-refractivity contribution in [2.75, 3.05) is 0 Å². The lowest BCUT2D eigenvalue weighted by Gasteiger charge is -1.98. The highest BCUT2D eigenvalue weighted by Gasteiger charge is 2.00. The number of hydrogen-bond acceptors (Lipinski definition) is 6. The van der Waals surface area contributed by atoms with Crippen LogP contribution in [0.25, 0.3) is 0 Å². The fourth-order valence-corrected chi connectivity index (χ4v) is 2.52. The molecule has 2 N–H and O–H groups in total. The van der Waals surface area contributed by atoms with E-state index in [1.807, 2.05) is 60.7 Å². The zero-order valence-electron chi connectivity index (χ0n) is 15.3. The Morgan fingerprint density at radius 1 is 0.607 bits per heavy atom. The van der Waals surface area contributed by atoms with E-state index < -0.39 is 0 Å². The van der Waals surface area contributed by atoms with E-state index in [4.69, 9.17) is 10.2 Å². The Hall–Kier alpha value is -3.36. The van der Waals surface area contributed by atoms with Crippen LogP contribution in [0, 0.1) is 0 Å². The van der Waals surface area contributed by atoms with Gasteiger partial charge in [-0.15, -0.1) is 10.2 Å². The maximum atomic E-state index is 8.80. The third kappa shape index (κ3) is 5.83. The minimum absolute atomic E-state index is 0.0607. The van der Waals surface area contributed by atoms with Gasteiger partial charge in [0, 0.05) is 0 Å². The first kappa shape index (κ1) is 19.4. The Morgan fingerprint density at radius 3 is 1.32 bits per heavy atom. The first-order valence-corrected chi connectivity index (χ1v) is 8.84. The molecule has 0 bridgehead atoms. The Labute approximate surface area is 162 Å². The van der Waals surface area contributed by atoms with Crippen molar-refractivity contribution in [3.63, 3.8) is 0 Å². The van der Waals surface area contributed by atoms with Gasteiger partial charge in [0.05, 0.1) is 38.7 Å². The summed E-state index contributed by atoms with van der Waals surface area (Å²) >= 11 is 0. The van der Waals surface area contributed by atoms with Crippen molar-refractivity contribution >= 4 is 0 Å². The summed E-state index contributed by atoms with van der Waals surface area (Å²) in [6, 6.07) is 20.0. The van der Waals surface area contributed by atoms with Crippen LogP contribution in [0.1, 0.15) is 22.5 Å². The van der Waals surface area contributed by atoms with Crippen molar-refractivity contribution in [1.82, 2.24) is 30.0 Å². The van der Waals surface area contributed by atoms with Crippen molar-refractivity contribution < 1.29 is 10.2 Å². The summed E-state index contributed by atoms with van der Waals surface area (Å²) in [5, 5.41) is 33.0. The number of aliphatic hydroxyl groups is 2. The lowest BCUT2D eigenvalue weighted by Crippen LogP contribution is -1.99. The van der Waals surface area contributed by atoms with Gasteiger partial charge in [-0.1, -0.05) is 71.1 Å². The van der Waals surface area contributed by atoms with Gasteiger partial charge >= 0.3 is 0 Å². The molecule has 8 nitrogen and oxygen atoms in total. The van der Waals surface area contributed by atoms with Crippen LogP contribution in [0.2, 0.25) is 0 Å². The lowest BCUT2D eigenvalue weighted by atomic mass is 10.2. The van der Waals surface area contributed by atoms with Crippen LogP contribution in [0.15, 0.2) is 73.1 Å². The second-order valence-corrected chi connectivity index (χ2v) is 6.10. The van der Waals surface area contributed by atoms with Gasteiger partial charge in [0.2, 0.25) is 0 Å². The van der Waals surface area contributed by atoms with Gasteiger partial charge in [-0.3, -0.25) is 0 Å². The normalized spacial score (nSPS) is 10.4. The molecule has 0 unspecified atom stereocenters. The molecular formula is C20H22N6O2. The maximum absolute atomic E-state index is 8.80. The third-order valence-electron chi connectivity index (χ3n) is 3.87. The molecule has 2 heterocycles. The monoisotopic (exact) mass is 378 g/mol. The molecule has 0 saturated heterocycles. The van der Waals surface area contributed by atoms with E-state index in [1.54, 1.807) is 21.8 Å². The smallest absolute Gasteiger partial charge is 0.108 e. The molecule has 8 heteroatoms. The number of rotatable bonds is 6. The quantitative estimate of drug-likeness (QED) is 0.529. The van der Waals surface area contributed by atoms with Crippen molar-refractivity contribution in [3.05, 3.63) is 95.6 Å². The molecule has 28 heavy (non-hydrogen) atoms. The lowest BCUT2D eigenvalue weighted by molar-refractivity contribution is 0.276. The van der Waals surface area contributed by atoms with E-state index in [9.17, 15) is 0 Å². The van der Waals surface area contributed by atoms with Gasteiger partial charge in [-0.05, 0) is 11.1 Å². The second kappa shape index (κ2) is 10.1. The summed E-state index contributed by atoms with van der Waals surface area (Å²) in [5.41, 5.74) is 3.53. The van der Waals surface area contributed by atoms with Crippen LogP contribution >= 0.6 is 0 Å². The van der Waals surface area contributed by atoms with Crippen molar-refractivity contribution in [2.45, 2.75) is 26.3 Å². The fourth-order valence-electron chi connectivity index (χ4n) is 2.52. The van der Waals surface area contributed by atoms with Crippen LogP contribution < -0.4 is 0 Å². The second-order valence-electron chi connectivity index (χ2n) is 6.10. The Kier molecular flexibility index (Phi) is 7.00. The standard InChI is InChI=1S/2C10H11N3O/c2*14-8-10-7-13(12-11-10)6-9-4-2-1-3-5-9/h2*1-5,7,14H,6,8H2. The van der Waals surface area contributed by atoms with E-state index in [-0.39, 0.29) is 13.2 Å². The van der Waals surface area contributed by atoms with E-state index in [2.05, 4.69) is 20.6 Å². The van der Waals surface area contributed by atoms with Gasteiger partial charge in [-0.25, -0.2) is 9.36 Å². The van der Waals surface area contributed by atoms with E-state index in [0.717, 1.165) is 0 Å². The van der Waals surface area contributed by atoms with Gasteiger partial charge < -0.3 is 10.2 Å². The molecule has 0 atom stereocenters. The molecule has 0 fully saturated rings. The number of hydrogen-bond donors (Lipinski definition) is 2. The van der Waals surface area contributed by atoms with Crippen LogP contribution in [0.4, 0.5) is 0 Å². The van der Waals surface area contributed by atoms with Crippen LogP contribution in [-0.4, -0.2) is 40.2 Å².